The van der Waals surface area contributed by atoms with Gasteiger partial charge in [-0.2, -0.15) is 0 Å². The van der Waals surface area contributed by atoms with Crippen LogP contribution >= 0.6 is 12.2 Å². The zero-order chi connectivity index (χ0) is 19.1. The van der Waals surface area contributed by atoms with Crippen LogP contribution in [-0.4, -0.2) is 38.5 Å². The van der Waals surface area contributed by atoms with Crippen LogP contribution < -0.4 is 24.7 Å². The van der Waals surface area contributed by atoms with Crippen molar-refractivity contribution in [2.24, 2.45) is 5.73 Å². The second-order valence-corrected chi connectivity index (χ2v) is 5.97. The molecule has 0 amide bonds. The molecule has 0 saturated carbocycles. The number of hydrogen-bond acceptors (Lipinski definition) is 5. The van der Waals surface area contributed by atoms with Crippen LogP contribution in [0.2, 0.25) is 0 Å². The molecule has 0 unspecified atom stereocenters. The fraction of sp³-hybridized carbons (Fsp3) is 0.316. The summed E-state index contributed by atoms with van der Waals surface area (Å²) < 4.78 is 21.4. The lowest BCUT2D eigenvalue weighted by Gasteiger charge is -2.25. The number of methoxy groups -OCH3 is 4. The van der Waals surface area contributed by atoms with Gasteiger partial charge < -0.3 is 29.6 Å². The monoisotopic (exact) mass is 376 g/mol. The third kappa shape index (κ3) is 4.70. The second-order valence-electron chi connectivity index (χ2n) is 5.55. The third-order valence-corrected chi connectivity index (χ3v) is 4.28. The lowest BCUT2D eigenvalue weighted by molar-refractivity contribution is 0.357. The van der Waals surface area contributed by atoms with Gasteiger partial charge in [0.05, 0.1) is 28.4 Å². The third-order valence-electron chi connectivity index (χ3n) is 4.02. The Hall–Kier alpha value is -2.67. The van der Waals surface area contributed by atoms with Crippen LogP contribution in [0.15, 0.2) is 36.4 Å². The summed E-state index contributed by atoms with van der Waals surface area (Å²) in [6.45, 7) is 0.995. The van der Waals surface area contributed by atoms with Gasteiger partial charge in [0, 0.05) is 36.3 Å². The highest BCUT2D eigenvalue weighted by Crippen LogP contribution is 2.29. The summed E-state index contributed by atoms with van der Waals surface area (Å²) in [7, 11) is 6.48. The quantitative estimate of drug-likeness (QED) is 0.711. The first kappa shape index (κ1) is 19.7. The Kier molecular flexibility index (Phi) is 6.91. The molecule has 0 atom stereocenters. The lowest BCUT2D eigenvalue weighted by Crippen LogP contribution is -2.34. The van der Waals surface area contributed by atoms with E-state index >= 15 is 0 Å². The zero-order valence-electron chi connectivity index (χ0n) is 15.4. The zero-order valence-corrected chi connectivity index (χ0v) is 16.3. The summed E-state index contributed by atoms with van der Waals surface area (Å²) >= 11 is 5.24. The van der Waals surface area contributed by atoms with Crippen LogP contribution in [0.25, 0.3) is 0 Å². The Labute approximate surface area is 159 Å². The Balaban J connectivity index is 2.27. The molecule has 0 bridgehead atoms. The molecule has 0 saturated heterocycles. The summed E-state index contributed by atoms with van der Waals surface area (Å²) in [5.74, 6) is 2.88. The van der Waals surface area contributed by atoms with Gasteiger partial charge in [0.25, 0.3) is 0 Å². The minimum absolute atomic E-state index is 0.292. The number of rotatable bonds is 8. The molecular formula is C19H24N2O4S. The van der Waals surface area contributed by atoms with E-state index in [1.165, 1.54) is 0 Å². The standard InChI is InChI=1S/C19H24N2O4S/c1-22-15-7-5-13(17(9-15)24-3)11-21(19(20)26)12-14-6-8-16(23-2)10-18(14)25-4/h5-10H,11-12H2,1-4H3,(H2,20,26). The van der Waals surface area contributed by atoms with Crippen LogP contribution in [0.3, 0.4) is 0 Å². The van der Waals surface area contributed by atoms with Crippen LogP contribution in [0.4, 0.5) is 0 Å². The Bertz CT molecular complexity index is 710. The van der Waals surface area contributed by atoms with Crippen molar-refractivity contribution in [1.29, 1.82) is 0 Å². The van der Waals surface area contributed by atoms with E-state index in [0.717, 1.165) is 22.6 Å². The van der Waals surface area contributed by atoms with Gasteiger partial charge in [-0.15, -0.1) is 0 Å². The van der Waals surface area contributed by atoms with Crippen molar-refractivity contribution < 1.29 is 18.9 Å². The maximum absolute atomic E-state index is 5.95. The summed E-state index contributed by atoms with van der Waals surface area (Å²) in [6, 6.07) is 11.3. The molecule has 0 aromatic heterocycles. The first-order chi connectivity index (χ1) is 12.5. The molecule has 0 aliphatic heterocycles. The average molecular weight is 376 g/mol. The summed E-state index contributed by atoms with van der Waals surface area (Å²) in [5.41, 5.74) is 7.86. The molecule has 7 heteroatoms. The molecule has 0 heterocycles. The molecule has 0 fully saturated rings. The molecule has 0 aliphatic carbocycles. The van der Waals surface area contributed by atoms with E-state index in [1.807, 2.05) is 41.3 Å². The normalized spacial score (nSPS) is 10.2. The van der Waals surface area contributed by atoms with Crippen LogP contribution in [0, 0.1) is 0 Å². The predicted molar refractivity (Wildman–Crippen MR) is 105 cm³/mol. The smallest absolute Gasteiger partial charge is 0.166 e. The van der Waals surface area contributed by atoms with E-state index in [-0.39, 0.29) is 0 Å². The molecular weight excluding hydrogens is 352 g/mol. The van der Waals surface area contributed by atoms with E-state index in [0.29, 0.717) is 29.7 Å². The van der Waals surface area contributed by atoms with E-state index in [1.54, 1.807) is 28.4 Å². The molecule has 0 aliphatic rings. The highest BCUT2D eigenvalue weighted by atomic mass is 32.1. The average Bonchev–Trinajstić information content (AvgIpc) is 2.67. The van der Waals surface area contributed by atoms with Crippen molar-refractivity contribution in [2.75, 3.05) is 28.4 Å². The number of hydrogen-bond donors (Lipinski definition) is 1. The predicted octanol–water partition coefficient (Wildman–Crippen LogP) is 2.97. The van der Waals surface area contributed by atoms with Crippen LogP contribution in [0.5, 0.6) is 23.0 Å². The van der Waals surface area contributed by atoms with Crippen molar-refractivity contribution in [3.8, 4) is 23.0 Å². The van der Waals surface area contributed by atoms with Crippen LogP contribution in [-0.2, 0) is 13.1 Å². The molecule has 2 rings (SSSR count). The van der Waals surface area contributed by atoms with Gasteiger partial charge in [0.2, 0.25) is 0 Å². The number of thiocarbonyl (C=S) groups is 1. The minimum Gasteiger partial charge on any atom is -0.497 e. The number of ether oxygens (including phenoxy) is 4. The van der Waals surface area contributed by atoms with Gasteiger partial charge in [0.15, 0.2) is 5.11 Å². The number of benzene rings is 2. The number of nitrogens with zero attached hydrogens (tertiary/aromatic N) is 1. The van der Waals surface area contributed by atoms with Crippen molar-refractivity contribution in [3.63, 3.8) is 0 Å². The van der Waals surface area contributed by atoms with Gasteiger partial charge in [0.1, 0.15) is 23.0 Å². The molecule has 0 spiro atoms. The van der Waals surface area contributed by atoms with Gasteiger partial charge in [-0.05, 0) is 36.5 Å². The SMILES string of the molecule is COc1ccc(CN(Cc2ccc(OC)cc2OC)C(N)=S)c(OC)c1. The van der Waals surface area contributed by atoms with Gasteiger partial charge in [-0.3, -0.25) is 0 Å². The highest BCUT2D eigenvalue weighted by molar-refractivity contribution is 7.80. The minimum atomic E-state index is 0.292. The molecule has 2 aromatic rings. The molecule has 140 valence electrons. The largest absolute Gasteiger partial charge is 0.497 e. The summed E-state index contributed by atoms with van der Waals surface area (Å²) in [5, 5.41) is 0.292. The Morgan fingerprint density at radius 2 is 1.23 bits per heavy atom. The maximum Gasteiger partial charge on any atom is 0.166 e. The van der Waals surface area contributed by atoms with E-state index in [2.05, 4.69) is 0 Å². The number of nitrogens with two attached hydrogens (primary N) is 1. The van der Waals surface area contributed by atoms with E-state index in [9.17, 15) is 0 Å². The molecule has 2 aromatic carbocycles. The van der Waals surface area contributed by atoms with Crippen molar-refractivity contribution in [3.05, 3.63) is 47.5 Å². The molecule has 26 heavy (non-hydrogen) atoms. The fourth-order valence-electron chi connectivity index (χ4n) is 2.59. The van der Waals surface area contributed by atoms with Gasteiger partial charge in [-0.1, -0.05) is 0 Å². The van der Waals surface area contributed by atoms with Gasteiger partial charge >= 0.3 is 0 Å². The molecule has 2 N–H and O–H groups in total. The molecule has 6 nitrogen and oxygen atoms in total. The van der Waals surface area contributed by atoms with Crippen molar-refractivity contribution in [2.45, 2.75) is 13.1 Å². The summed E-state index contributed by atoms with van der Waals surface area (Å²) in [4.78, 5) is 1.88. The van der Waals surface area contributed by atoms with Crippen molar-refractivity contribution in [1.82, 2.24) is 4.90 Å². The molecule has 0 radical (unpaired) electrons. The Morgan fingerprint density at radius 1 is 0.808 bits per heavy atom. The topological polar surface area (TPSA) is 66.2 Å². The lowest BCUT2D eigenvalue weighted by atomic mass is 10.1. The van der Waals surface area contributed by atoms with E-state index in [4.69, 9.17) is 36.9 Å². The maximum atomic E-state index is 5.95. The second kappa shape index (κ2) is 9.15. The highest BCUT2D eigenvalue weighted by Gasteiger charge is 2.15. The van der Waals surface area contributed by atoms with E-state index < -0.39 is 0 Å². The summed E-state index contributed by atoms with van der Waals surface area (Å²) in [6.07, 6.45) is 0. The van der Waals surface area contributed by atoms with Crippen molar-refractivity contribution >= 4 is 17.3 Å². The Morgan fingerprint density at radius 3 is 1.54 bits per heavy atom. The first-order valence-corrected chi connectivity index (χ1v) is 8.39. The van der Waals surface area contributed by atoms with Crippen LogP contribution in [0.1, 0.15) is 11.1 Å². The fourth-order valence-corrected chi connectivity index (χ4v) is 2.72. The first-order valence-electron chi connectivity index (χ1n) is 7.98. The van der Waals surface area contributed by atoms with Gasteiger partial charge in [-0.25, -0.2) is 0 Å².